The van der Waals surface area contributed by atoms with Gasteiger partial charge < -0.3 is 5.32 Å². The van der Waals surface area contributed by atoms with Crippen molar-refractivity contribution < 1.29 is 0 Å². The molecule has 0 spiro atoms. The van der Waals surface area contributed by atoms with Crippen LogP contribution in [0.25, 0.3) is 0 Å². The summed E-state index contributed by atoms with van der Waals surface area (Å²) in [6.07, 6.45) is 1.76. The fourth-order valence-corrected chi connectivity index (χ4v) is 1.34. The first kappa shape index (κ1) is 13.2. The molecule has 0 bridgehead atoms. The molecule has 1 aromatic carbocycles. The fraction of sp³-hybridized carbons (Fsp3) is 0.286. The highest BCUT2D eigenvalue weighted by atomic mass is 15.0. The Bertz CT molecular complexity index is 426. The minimum atomic E-state index is 0.785. The van der Waals surface area contributed by atoms with Crippen LogP contribution in [0.1, 0.15) is 25.2 Å². The van der Waals surface area contributed by atoms with Gasteiger partial charge in [-0.15, -0.1) is 0 Å². The van der Waals surface area contributed by atoms with Gasteiger partial charge in [0.2, 0.25) is 0 Å². The topological polar surface area (TPSA) is 37.8 Å². The zero-order chi connectivity index (χ0) is 12.5. The highest BCUT2D eigenvalue weighted by Crippen LogP contribution is 2.05. The lowest BCUT2D eigenvalue weighted by atomic mass is 10.2. The lowest BCUT2D eigenvalue weighted by Gasteiger charge is -2.05. The van der Waals surface area contributed by atoms with Gasteiger partial charge in [-0.05, 0) is 18.6 Å². The van der Waals surface area contributed by atoms with E-state index in [0.29, 0.717) is 0 Å². The molecular formula is C14H19N3. The number of rotatable bonds is 3. The van der Waals surface area contributed by atoms with Crippen LogP contribution in [0.4, 0.5) is 5.82 Å². The van der Waals surface area contributed by atoms with Crippen molar-refractivity contribution in [2.75, 3.05) is 5.32 Å². The molecule has 0 radical (unpaired) electrons. The molecule has 3 nitrogen and oxygen atoms in total. The molecule has 1 N–H and O–H groups in total. The van der Waals surface area contributed by atoms with Crippen molar-refractivity contribution in [3.05, 3.63) is 54.0 Å². The third kappa shape index (κ3) is 4.64. The molecule has 0 fully saturated rings. The summed E-state index contributed by atoms with van der Waals surface area (Å²) < 4.78 is 0. The van der Waals surface area contributed by atoms with Gasteiger partial charge in [-0.2, -0.15) is 0 Å². The van der Waals surface area contributed by atoms with E-state index < -0.39 is 0 Å². The lowest BCUT2D eigenvalue weighted by molar-refractivity contribution is 1.02. The molecule has 0 aliphatic rings. The van der Waals surface area contributed by atoms with E-state index in [4.69, 9.17) is 0 Å². The van der Waals surface area contributed by atoms with Gasteiger partial charge in [-0.1, -0.05) is 44.2 Å². The Balaban J connectivity index is 0.000000686. The van der Waals surface area contributed by atoms with Crippen molar-refractivity contribution in [3.8, 4) is 0 Å². The Kier molecular flexibility index (Phi) is 5.72. The molecule has 0 atom stereocenters. The predicted molar refractivity (Wildman–Crippen MR) is 71.9 cm³/mol. The minimum absolute atomic E-state index is 0.785. The first-order valence-corrected chi connectivity index (χ1v) is 5.92. The van der Waals surface area contributed by atoms with E-state index in [0.717, 1.165) is 18.2 Å². The van der Waals surface area contributed by atoms with Crippen LogP contribution in [0.5, 0.6) is 0 Å². The molecule has 2 rings (SSSR count). The molecule has 2 aromatic rings. The SMILES string of the molecule is CC.Cc1nccc(NCc2ccccc2)n1. The van der Waals surface area contributed by atoms with Gasteiger partial charge >= 0.3 is 0 Å². The van der Waals surface area contributed by atoms with Gasteiger partial charge in [0.25, 0.3) is 0 Å². The smallest absolute Gasteiger partial charge is 0.129 e. The number of hydrogen-bond acceptors (Lipinski definition) is 3. The number of aryl methyl sites for hydroxylation is 1. The quantitative estimate of drug-likeness (QED) is 0.876. The molecule has 1 aromatic heterocycles. The Morgan fingerprint density at radius 3 is 2.41 bits per heavy atom. The molecular weight excluding hydrogens is 210 g/mol. The monoisotopic (exact) mass is 229 g/mol. The predicted octanol–water partition coefficient (Wildman–Crippen LogP) is 3.42. The number of nitrogens with one attached hydrogen (secondary N) is 1. The van der Waals surface area contributed by atoms with Crippen molar-refractivity contribution >= 4 is 5.82 Å². The van der Waals surface area contributed by atoms with Gasteiger partial charge in [-0.25, -0.2) is 9.97 Å². The molecule has 17 heavy (non-hydrogen) atoms. The summed E-state index contributed by atoms with van der Waals surface area (Å²) in [5.74, 6) is 1.65. The zero-order valence-electron chi connectivity index (χ0n) is 10.6. The van der Waals surface area contributed by atoms with E-state index in [1.165, 1.54) is 5.56 Å². The summed E-state index contributed by atoms with van der Waals surface area (Å²) in [7, 11) is 0. The minimum Gasteiger partial charge on any atom is -0.366 e. The summed E-state index contributed by atoms with van der Waals surface area (Å²) >= 11 is 0. The summed E-state index contributed by atoms with van der Waals surface area (Å²) in [5, 5.41) is 3.25. The Morgan fingerprint density at radius 2 is 1.76 bits per heavy atom. The third-order valence-electron chi connectivity index (χ3n) is 2.09. The Hall–Kier alpha value is -1.90. The first-order chi connectivity index (χ1) is 8.34. The summed E-state index contributed by atoms with van der Waals surface area (Å²) in [4.78, 5) is 8.31. The maximum Gasteiger partial charge on any atom is 0.129 e. The van der Waals surface area contributed by atoms with Gasteiger partial charge in [0, 0.05) is 12.7 Å². The maximum atomic E-state index is 4.27. The van der Waals surface area contributed by atoms with Crippen molar-refractivity contribution in [3.63, 3.8) is 0 Å². The number of anilines is 1. The van der Waals surface area contributed by atoms with Crippen LogP contribution in [0.2, 0.25) is 0 Å². The summed E-state index contributed by atoms with van der Waals surface area (Å²) in [5.41, 5.74) is 1.24. The van der Waals surface area contributed by atoms with E-state index in [1.807, 2.05) is 45.0 Å². The van der Waals surface area contributed by atoms with Gasteiger partial charge in [0.15, 0.2) is 0 Å². The number of hydrogen-bond donors (Lipinski definition) is 1. The van der Waals surface area contributed by atoms with Crippen LogP contribution in [0.3, 0.4) is 0 Å². The van der Waals surface area contributed by atoms with Gasteiger partial charge in [0.1, 0.15) is 11.6 Å². The second kappa shape index (κ2) is 7.39. The molecule has 90 valence electrons. The summed E-state index contributed by atoms with van der Waals surface area (Å²) in [6.45, 7) is 6.67. The molecule has 0 unspecified atom stereocenters. The van der Waals surface area contributed by atoms with E-state index in [2.05, 4.69) is 27.4 Å². The molecule has 0 aliphatic carbocycles. The number of nitrogens with zero attached hydrogens (tertiary/aromatic N) is 2. The Morgan fingerprint density at radius 1 is 1.06 bits per heavy atom. The standard InChI is InChI=1S/C12H13N3.C2H6/c1-10-13-8-7-12(15-10)14-9-11-5-3-2-4-6-11;1-2/h2-8H,9H2,1H3,(H,13,14,15);1-2H3. The molecule has 1 heterocycles. The number of benzene rings is 1. The lowest BCUT2D eigenvalue weighted by Crippen LogP contribution is -2.02. The second-order valence-corrected chi connectivity index (χ2v) is 3.33. The second-order valence-electron chi connectivity index (χ2n) is 3.33. The van der Waals surface area contributed by atoms with Crippen molar-refractivity contribution in [1.29, 1.82) is 0 Å². The van der Waals surface area contributed by atoms with Crippen molar-refractivity contribution in [2.24, 2.45) is 0 Å². The number of aromatic nitrogens is 2. The largest absolute Gasteiger partial charge is 0.366 e. The van der Waals surface area contributed by atoms with Crippen LogP contribution in [-0.4, -0.2) is 9.97 Å². The average molecular weight is 229 g/mol. The van der Waals surface area contributed by atoms with Gasteiger partial charge in [0.05, 0.1) is 0 Å². The first-order valence-electron chi connectivity index (χ1n) is 5.92. The van der Waals surface area contributed by atoms with E-state index in [9.17, 15) is 0 Å². The van der Waals surface area contributed by atoms with Crippen LogP contribution < -0.4 is 5.32 Å². The van der Waals surface area contributed by atoms with Crippen LogP contribution in [-0.2, 0) is 6.54 Å². The average Bonchev–Trinajstić information content (AvgIpc) is 2.40. The van der Waals surface area contributed by atoms with Crippen molar-refractivity contribution in [1.82, 2.24) is 9.97 Å². The molecule has 0 aliphatic heterocycles. The highest BCUT2D eigenvalue weighted by Gasteiger charge is 1.94. The Labute approximate surface area is 103 Å². The van der Waals surface area contributed by atoms with Crippen LogP contribution in [0, 0.1) is 6.92 Å². The van der Waals surface area contributed by atoms with Gasteiger partial charge in [-0.3, -0.25) is 0 Å². The maximum absolute atomic E-state index is 4.27. The van der Waals surface area contributed by atoms with E-state index >= 15 is 0 Å². The van der Waals surface area contributed by atoms with Crippen LogP contribution in [0.15, 0.2) is 42.6 Å². The molecule has 3 heteroatoms. The van der Waals surface area contributed by atoms with Crippen LogP contribution >= 0.6 is 0 Å². The fourth-order valence-electron chi connectivity index (χ4n) is 1.34. The molecule has 0 saturated carbocycles. The normalized spacial score (nSPS) is 9.12. The van der Waals surface area contributed by atoms with E-state index in [-0.39, 0.29) is 0 Å². The zero-order valence-corrected chi connectivity index (χ0v) is 10.6. The summed E-state index contributed by atoms with van der Waals surface area (Å²) in [6, 6.07) is 12.1. The molecule has 0 saturated heterocycles. The highest BCUT2D eigenvalue weighted by molar-refractivity contribution is 5.34. The van der Waals surface area contributed by atoms with E-state index in [1.54, 1.807) is 6.20 Å². The van der Waals surface area contributed by atoms with Crippen molar-refractivity contribution in [2.45, 2.75) is 27.3 Å². The molecule has 0 amide bonds. The third-order valence-corrected chi connectivity index (χ3v) is 2.09.